The van der Waals surface area contributed by atoms with E-state index in [2.05, 4.69) is 10.3 Å². The van der Waals surface area contributed by atoms with E-state index in [1.807, 2.05) is 19.1 Å². The summed E-state index contributed by atoms with van der Waals surface area (Å²) in [7, 11) is 0. The molecule has 1 atom stereocenters. The summed E-state index contributed by atoms with van der Waals surface area (Å²) in [5.74, 6) is -0.0534. The minimum Gasteiger partial charge on any atom is -0.345 e. The fourth-order valence-corrected chi connectivity index (χ4v) is 2.18. The number of nitrogens with zero attached hydrogens (tertiary/aromatic N) is 2. The number of aromatic nitrogens is 1. The van der Waals surface area contributed by atoms with Gasteiger partial charge >= 0.3 is 0 Å². The molecule has 1 N–H and O–H groups in total. The first kappa shape index (κ1) is 12.5. The molecule has 5 heteroatoms. The van der Waals surface area contributed by atoms with Crippen molar-refractivity contribution in [2.75, 3.05) is 13.1 Å². The first-order valence-corrected chi connectivity index (χ1v) is 6.18. The van der Waals surface area contributed by atoms with Crippen LogP contribution in [0.5, 0.6) is 0 Å². The summed E-state index contributed by atoms with van der Waals surface area (Å²) in [6, 6.07) is 3.53. The van der Waals surface area contributed by atoms with Crippen molar-refractivity contribution in [2.45, 2.75) is 25.8 Å². The fourth-order valence-electron chi connectivity index (χ4n) is 2.18. The van der Waals surface area contributed by atoms with Crippen LogP contribution in [0.2, 0.25) is 0 Å². The highest BCUT2D eigenvalue weighted by Gasteiger charge is 2.32. The van der Waals surface area contributed by atoms with Crippen molar-refractivity contribution in [3.8, 4) is 0 Å². The van der Waals surface area contributed by atoms with Crippen molar-refractivity contribution in [3.63, 3.8) is 0 Å². The quantitative estimate of drug-likeness (QED) is 0.835. The van der Waals surface area contributed by atoms with Crippen LogP contribution in [0.3, 0.4) is 0 Å². The Morgan fingerprint density at radius 2 is 2.11 bits per heavy atom. The first-order valence-electron chi connectivity index (χ1n) is 6.18. The van der Waals surface area contributed by atoms with Gasteiger partial charge in [-0.1, -0.05) is 6.92 Å². The lowest BCUT2D eigenvalue weighted by atomic mass is 10.1. The Morgan fingerprint density at radius 3 is 2.78 bits per heavy atom. The van der Waals surface area contributed by atoms with Gasteiger partial charge in [0.15, 0.2) is 0 Å². The van der Waals surface area contributed by atoms with Gasteiger partial charge in [0.1, 0.15) is 6.04 Å². The molecule has 1 unspecified atom stereocenters. The van der Waals surface area contributed by atoms with Gasteiger partial charge in [-0.15, -0.1) is 0 Å². The molecule has 0 aliphatic carbocycles. The molecule has 1 aliphatic heterocycles. The molecule has 0 aromatic carbocycles. The third kappa shape index (κ3) is 2.67. The van der Waals surface area contributed by atoms with E-state index in [0.717, 1.165) is 12.0 Å². The third-order valence-electron chi connectivity index (χ3n) is 3.19. The van der Waals surface area contributed by atoms with Crippen LogP contribution in [0.1, 0.15) is 18.9 Å². The van der Waals surface area contributed by atoms with E-state index in [0.29, 0.717) is 13.0 Å². The van der Waals surface area contributed by atoms with Crippen molar-refractivity contribution in [2.24, 2.45) is 0 Å². The standard InChI is InChI=1S/C13H17N3O2/c1-2-11-13(18)15-9-12(17)16(11)8-5-10-3-6-14-7-4-10/h3-4,6-7,11H,2,5,8-9H2,1H3,(H,15,18). The Hall–Kier alpha value is -1.91. The number of piperazine rings is 1. The Morgan fingerprint density at radius 1 is 1.39 bits per heavy atom. The minimum absolute atomic E-state index is 0.00416. The number of pyridine rings is 1. The van der Waals surface area contributed by atoms with Gasteiger partial charge in [0, 0.05) is 18.9 Å². The van der Waals surface area contributed by atoms with E-state index >= 15 is 0 Å². The molecular formula is C13H17N3O2. The van der Waals surface area contributed by atoms with Crippen LogP contribution in [0, 0.1) is 0 Å². The fraction of sp³-hybridized carbons (Fsp3) is 0.462. The van der Waals surface area contributed by atoms with Gasteiger partial charge in [0.2, 0.25) is 11.8 Å². The van der Waals surface area contributed by atoms with E-state index in [4.69, 9.17) is 0 Å². The number of nitrogens with one attached hydrogen (secondary N) is 1. The summed E-state index contributed by atoms with van der Waals surface area (Å²) in [6.45, 7) is 2.61. The molecule has 0 saturated carbocycles. The van der Waals surface area contributed by atoms with Crippen molar-refractivity contribution in [1.29, 1.82) is 0 Å². The van der Waals surface area contributed by atoms with Crippen LogP contribution in [0.15, 0.2) is 24.5 Å². The van der Waals surface area contributed by atoms with E-state index in [1.54, 1.807) is 17.3 Å². The molecule has 1 fully saturated rings. The van der Waals surface area contributed by atoms with Crippen LogP contribution in [0.25, 0.3) is 0 Å². The lowest BCUT2D eigenvalue weighted by Crippen LogP contribution is -2.58. The number of carbonyl (C=O) groups is 2. The van der Waals surface area contributed by atoms with Crippen LogP contribution < -0.4 is 5.32 Å². The maximum Gasteiger partial charge on any atom is 0.243 e. The normalized spacial score (nSPS) is 19.8. The maximum absolute atomic E-state index is 11.8. The number of rotatable bonds is 4. The number of hydrogen-bond acceptors (Lipinski definition) is 3. The Balaban J connectivity index is 2.01. The number of carbonyl (C=O) groups excluding carboxylic acids is 2. The van der Waals surface area contributed by atoms with Crippen molar-refractivity contribution >= 4 is 11.8 Å². The predicted octanol–water partition coefficient (Wildman–Crippen LogP) is 0.361. The highest BCUT2D eigenvalue weighted by molar-refractivity contribution is 5.94. The predicted molar refractivity (Wildman–Crippen MR) is 66.7 cm³/mol. The molecule has 0 spiro atoms. The molecule has 0 bridgehead atoms. The van der Waals surface area contributed by atoms with Gasteiger partial charge in [0.25, 0.3) is 0 Å². The molecular weight excluding hydrogens is 230 g/mol. The second-order valence-corrected chi connectivity index (χ2v) is 4.33. The molecule has 1 aromatic rings. The zero-order valence-corrected chi connectivity index (χ0v) is 10.4. The average molecular weight is 247 g/mol. The van der Waals surface area contributed by atoms with Gasteiger partial charge in [-0.25, -0.2) is 0 Å². The summed E-state index contributed by atoms with van der Waals surface area (Å²) in [4.78, 5) is 29.1. The third-order valence-corrected chi connectivity index (χ3v) is 3.19. The number of amides is 2. The molecule has 0 radical (unpaired) electrons. The molecule has 1 aromatic heterocycles. The van der Waals surface area contributed by atoms with Gasteiger partial charge < -0.3 is 10.2 Å². The lowest BCUT2D eigenvalue weighted by molar-refractivity contribution is -0.145. The van der Waals surface area contributed by atoms with Gasteiger partial charge in [-0.3, -0.25) is 14.6 Å². The topological polar surface area (TPSA) is 62.3 Å². The molecule has 2 rings (SSSR count). The van der Waals surface area contributed by atoms with Crippen LogP contribution in [-0.2, 0) is 16.0 Å². The Bertz CT molecular complexity index is 433. The molecule has 5 nitrogen and oxygen atoms in total. The van der Waals surface area contributed by atoms with Crippen molar-refractivity contribution < 1.29 is 9.59 Å². The highest BCUT2D eigenvalue weighted by Crippen LogP contribution is 2.11. The molecule has 18 heavy (non-hydrogen) atoms. The van der Waals surface area contributed by atoms with Gasteiger partial charge in [-0.2, -0.15) is 0 Å². The average Bonchev–Trinajstić information content (AvgIpc) is 2.41. The molecule has 96 valence electrons. The zero-order chi connectivity index (χ0) is 13.0. The summed E-state index contributed by atoms with van der Waals surface area (Å²) >= 11 is 0. The van der Waals surface area contributed by atoms with Crippen molar-refractivity contribution in [3.05, 3.63) is 30.1 Å². The summed E-state index contributed by atoms with van der Waals surface area (Å²) in [5, 5.41) is 2.62. The minimum atomic E-state index is -0.326. The maximum atomic E-state index is 11.8. The lowest BCUT2D eigenvalue weighted by Gasteiger charge is -2.34. The van der Waals surface area contributed by atoms with E-state index in [1.165, 1.54) is 0 Å². The van der Waals surface area contributed by atoms with Gasteiger partial charge in [-0.05, 0) is 30.5 Å². The van der Waals surface area contributed by atoms with Crippen molar-refractivity contribution in [1.82, 2.24) is 15.2 Å². The van der Waals surface area contributed by atoms with E-state index in [9.17, 15) is 9.59 Å². The summed E-state index contributed by atoms with van der Waals surface area (Å²) < 4.78 is 0. The van der Waals surface area contributed by atoms with E-state index in [-0.39, 0.29) is 24.4 Å². The summed E-state index contributed by atoms with van der Waals surface area (Å²) in [6.07, 6.45) is 4.86. The molecule has 1 saturated heterocycles. The van der Waals surface area contributed by atoms with Gasteiger partial charge in [0.05, 0.1) is 6.54 Å². The van der Waals surface area contributed by atoms with E-state index < -0.39 is 0 Å². The van der Waals surface area contributed by atoms with Crippen LogP contribution >= 0.6 is 0 Å². The SMILES string of the molecule is CCC1C(=O)NCC(=O)N1CCc1ccncc1. The molecule has 2 heterocycles. The van der Waals surface area contributed by atoms with Crippen LogP contribution in [0.4, 0.5) is 0 Å². The highest BCUT2D eigenvalue weighted by atomic mass is 16.2. The zero-order valence-electron chi connectivity index (χ0n) is 10.4. The number of hydrogen-bond donors (Lipinski definition) is 1. The summed E-state index contributed by atoms with van der Waals surface area (Å²) in [5.41, 5.74) is 1.12. The Kier molecular flexibility index (Phi) is 3.92. The largest absolute Gasteiger partial charge is 0.345 e. The molecule has 2 amide bonds. The van der Waals surface area contributed by atoms with Crippen LogP contribution in [-0.4, -0.2) is 40.8 Å². The molecule has 1 aliphatic rings. The monoisotopic (exact) mass is 247 g/mol. The Labute approximate surface area is 106 Å². The second kappa shape index (κ2) is 5.62. The smallest absolute Gasteiger partial charge is 0.243 e. The first-order chi connectivity index (χ1) is 8.72. The second-order valence-electron chi connectivity index (χ2n) is 4.33.